The van der Waals surface area contributed by atoms with E-state index in [2.05, 4.69) is 0 Å². The Morgan fingerprint density at radius 1 is 1.17 bits per heavy atom. The Morgan fingerprint density at radius 2 is 1.61 bits per heavy atom. The molecule has 0 aliphatic carbocycles. The molecule has 0 unspecified atom stereocenters. The minimum Gasteiger partial charge on any atom is -0.396 e. The molecule has 0 aromatic carbocycles. The molecule has 0 saturated carbocycles. The molecule has 18 heavy (non-hydrogen) atoms. The van der Waals surface area contributed by atoms with Crippen LogP contribution in [-0.2, 0) is 14.2 Å². The topological polar surface area (TPSA) is 49.9 Å². The first-order chi connectivity index (χ1) is 8.36. The summed E-state index contributed by atoms with van der Waals surface area (Å²) in [6.45, 7) is 9.91. The van der Waals surface area contributed by atoms with E-state index in [1.54, 1.807) is 9.62 Å². The zero-order chi connectivity index (χ0) is 13.7. The summed E-state index contributed by atoms with van der Waals surface area (Å²) in [6, 6.07) is 0.0612. The third kappa shape index (κ3) is 1.51. The number of hydrogen-bond acceptors (Lipinski definition) is 3. The van der Waals surface area contributed by atoms with Crippen molar-refractivity contribution in [1.82, 2.24) is 9.62 Å². The van der Waals surface area contributed by atoms with Crippen LogP contribution in [0.3, 0.4) is 0 Å². The van der Waals surface area contributed by atoms with Crippen LogP contribution in [0.25, 0.3) is 0 Å². The molecule has 0 spiro atoms. The largest absolute Gasteiger partial charge is 0.553 e. The maximum absolute atomic E-state index is 12.6. The van der Waals surface area contributed by atoms with Gasteiger partial charge in [-0.05, 0) is 34.1 Å². The summed E-state index contributed by atoms with van der Waals surface area (Å²) in [4.78, 5) is 28.5. The molecule has 0 atom stereocenters. The van der Waals surface area contributed by atoms with Crippen molar-refractivity contribution < 1.29 is 14.2 Å². The Balaban J connectivity index is 2.48. The molecule has 3 aliphatic heterocycles. The lowest BCUT2D eigenvalue weighted by molar-refractivity contribution is -0.170. The standard InChI is InChI=1S/C12H21BN2O3/c1-6-12-7-18-13(14(8(2)3)10(12)16)15(9(4)5)11(12)17/h8-9H,6-7H2,1-5H3. The maximum Gasteiger partial charge on any atom is 0.553 e. The minimum atomic E-state index is -0.997. The molecule has 3 heterocycles. The highest BCUT2D eigenvalue weighted by Gasteiger charge is 2.64. The molecule has 0 radical (unpaired) electrons. The molecule has 3 rings (SSSR count). The Kier molecular flexibility index (Phi) is 3.17. The normalized spacial score (nSPS) is 22.7. The predicted octanol–water partition coefficient (Wildman–Crippen LogP) is 0.885. The fraction of sp³-hybridized carbons (Fsp3) is 0.833. The first kappa shape index (κ1) is 13.4. The average molecular weight is 252 g/mol. The van der Waals surface area contributed by atoms with Crippen molar-refractivity contribution in [3.63, 3.8) is 0 Å². The average Bonchev–Trinajstić information content (AvgIpc) is 2.28. The maximum atomic E-state index is 12.6. The van der Waals surface area contributed by atoms with Crippen molar-refractivity contribution >= 4 is 19.0 Å². The molecule has 0 aromatic heterocycles. The molecule has 2 amide bonds. The Labute approximate surface area is 109 Å². The van der Waals surface area contributed by atoms with Crippen molar-refractivity contribution in [1.29, 1.82) is 0 Å². The van der Waals surface area contributed by atoms with E-state index in [0.717, 1.165) is 0 Å². The molecule has 3 saturated heterocycles. The molecule has 3 fully saturated rings. The van der Waals surface area contributed by atoms with Crippen LogP contribution in [0, 0.1) is 5.41 Å². The van der Waals surface area contributed by atoms with E-state index in [0.29, 0.717) is 6.42 Å². The molecule has 6 heteroatoms. The van der Waals surface area contributed by atoms with Crippen molar-refractivity contribution in [3.8, 4) is 0 Å². The van der Waals surface area contributed by atoms with Crippen LogP contribution in [-0.4, -0.2) is 47.3 Å². The van der Waals surface area contributed by atoms with Crippen LogP contribution in [0.1, 0.15) is 41.0 Å². The second-order valence-corrected chi connectivity index (χ2v) is 5.69. The minimum absolute atomic E-state index is 0.0306. The quantitative estimate of drug-likeness (QED) is 0.553. The van der Waals surface area contributed by atoms with Gasteiger partial charge in [-0.1, -0.05) is 6.92 Å². The lowest BCUT2D eigenvalue weighted by Gasteiger charge is -2.55. The summed E-state index contributed by atoms with van der Waals surface area (Å²) in [5, 5.41) is 0. The van der Waals surface area contributed by atoms with Gasteiger partial charge in [-0.15, -0.1) is 0 Å². The van der Waals surface area contributed by atoms with E-state index in [1.165, 1.54) is 0 Å². The molecule has 100 valence electrons. The molecule has 5 nitrogen and oxygen atoms in total. The summed E-state index contributed by atoms with van der Waals surface area (Å²) in [5.41, 5.74) is -0.997. The second-order valence-electron chi connectivity index (χ2n) is 5.69. The summed E-state index contributed by atoms with van der Waals surface area (Å²) >= 11 is 0. The van der Waals surface area contributed by atoms with Crippen LogP contribution < -0.4 is 0 Å². The van der Waals surface area contributed by atoms with Crippen LogP contribution in [0.2, 0.25) is 0 Å². The second kappa shape index (κ2) is 4.26. The third-order valence-corrected chi connectivity index (χ3v) is 3.96. The van der Waals surface area contributed by atoms with Gasteiger partial charge in [0.25, 0.3) is 0 Å². The highest BCUT2D eigenvalue weighted by molar-refractivity contribution is 6.57. The van der Waals surface area contributed by atoms with E-state index >= 15 is 0 Å². The van der Waals surface area contributed by atoms with Gasteiger partial charge in [0.2, 0.25) is 11.8 Å². The number of hydrogen-bond donors (Lipinski definition) is 0. The zero-order valence-electron chi connectivity index (χ0n) is 11.8. The first-order valence-electron chi connectivity index (χ1n) is 6.64. The number of rotatable bonds is 3. The first-order valence-corrected chi connectivity index (χ1v) is 6.64. The Morgan fingerprint density at radius 3 is 1.94 bits per heavy atom. The van der Waals surface area contributed by atoms with Crippen LogP contribution in [0.15, 0.2) is 0 Å². The SMILES string of the molecule is CCC12COB(N(C(C)C)C1=O)N(C(C)C)C2=O. The van der Waals surface area contributed by atoms with Gasteiger partial charge < -0.3 is 14.3 Å². The van der Waals surface area contributed by atoms with Gasteiger partial charge in [0.05, 0.1) is 6.61 Å². The number of nitrogens with zero attached hydrogens (tertiary/aromatic N) is 2. The van der Waals surface area contributed by atoms with E-state index < -0.39 is 12.6 Å². The number of fused-ring (bicyclic) bond motifs is 3. The van der Waals surface area contributed by atoms with E-state index in [9.17, 15) is 9.59 Å². The summed E-state index contributed by atoms with van der Waals surface area (Å²) < 4.78 is 5.77. The number of carbonyl (C=O) groups excluding carboxylic acids is 2. The van der Waals surface area contributed by atoms with Crippen LogP contribution in [0.4, 0.5) is 0 Å². The fourth-order valence-corrected chi connectivity index (χ4v) is 2.80. The highest BCUT2D eigenvalue weighted by Crippen LogP contribution is 2.40. The third-order valence-electron chi connectivity index (χ3n) is 3.96. The van der Waals surface area contributed by atoms with Crippen molar-refractivity contribution in [2.75, 3.05) is 6.61 Å². The molecule has 2 bridgehead atoms. The lowest BCUT2D eigenvalue weighted by Crippen LogP contribution is -2.78. The van der Waals surface area contributed by atoms with Gasteiger partial charge in [-0.3, -0.25) is 9.59 Å². The molecular weight excluding hydrogens is 231 g/mol. The summed E-state index contributed by atoms with van der Waals surface area (Å²) in [7, 11) is -0.529. The van der Waals surface area contributed by atoms with E-state index in [1.807, 2.05) is 34.6 Å². The Hall–Kier alpha value is -1.04. The fourth-order valence-electron chi connectivity index (χ4n) is 2.80. The molecule has 0 aromatic rings. The van der Waals surface area contributed by atoms with E-state index in [4.69, 9.17) is 4.65 Å². The van der Waals surface area contributed by atoms with Crippen molar-refractivity contribution in [3.05, 3.63) is 0 Å². The zero-order valence-corrected chi connectivity index (χ0v) is 11.8. The van der Waals surface area contributed by atoms with Gasteiger partial charge in [0.1, 0.15) is 5.41 Å². The smallest absolute Gasteiger partial charge is 0.396 e. The van der Waals surface area contributed by atoms with Gasteiger partial charge >= 0.3 is 7.19 Å². The van der Waals surface area contributed by atoms with Crippen LogP contribution >= 0.6 is 0 Å². The molecular formula is C12H21BN2O3. The molecule has 3 aliphatic rings. The van der Waals surface area contributed by atoms with Crippen molar-refractivity contribution in [2.24, 2.45) is 5.41 Å². The van der Waals surface area contributed by atoms with Gasteiger partial charge in [-0.25, -0.2) is 0 Å². The number of carbonyl (C=O) groups is 2. The lowest BCUT2D eigenvalue weighted by atomic mass is 9.67. The summed E-state index contributed by atoms with van der Waals surface area (Å²) in [6.07, 6.45) is 0.490. The molecule has 0 N–H and O–H groups in total. The van der Waals surface area contributed by atoms with Crippen LogP contribution in [0.5, 0.6) is 0 Å². The van der Waals surface area contributed by atoms with Gasteiger partial charge in [0, 0.05) is 12.1 Å². The Bertz CT molecular complexity index is 356. The number of amides is 2. The van der Waals surface area contributed by atoms with E-state index in [-0.39, 0.29) is 30.5 Å². The predicted molar refractivity (Wildman–Crippen MR) is 68.4 cm³/mol. The highest BCUT2D eigenvalue weighted by atomic mass is 16.5. The summed E-state index contributed by atoms with van der Waals surface area (Å²) in [5.74, 6) is -0.142. The van der Waals surface area contributed by atoms with Gasteiger partial charge in [-0.2, -0.15) is 0 Å². The monoisotopic (exact) mass is 252 g/mol. The van der Waals surface area contributed by atoms with Gasteiger partial charge in [0.15, 0.2) is 0 Å². The van der Waals surface area contributed by atoms with Crippen molar-refractivity contribution in [2.45, 2.75) is 53.1 Å².